The molecule has 21 heavy (non-hydrogen) atoms. The lowest BCUT2D eigenvalue weighted by molar-refractivity contribution is -0.116. The van der Waals surface area contributed by atoms with Crippen molar-refractivity contribution in [1.82, 2.24) is 4.90 Å². The lowest BCUT2D eigenvalue weighted by Crippen LogP contribution is -2.38. The number of rotatable bonds is 5. The number of hydrogen-bond acceptors (Lipinski definition) is 4. The van der Waals surface area contributed by atoms with Crippen LogP contribution in [0.15, 0.2) is 18.2 Å². The SMILES string of the molecule is COC1CCN(CCC(=O)Nc2cccc(N)c2C)CC1. The van der Waals surface area contributed by atoms with Gasteiger partial charge in [0.15, 0.2) is 0 Å². The Hall–Kier alpha value is -1.59. The molecule has 3 N–H and O–H groups in total. The minimum absolute atomic E-state index is 0.0394. The second-order valence-corrected chi connectivity index (χ2v) is 5.59. The maximum absolute atomic E-state index is 12.0. The molecule has 2 rings (SSSR count). The van der Waals surface area contributed by atoms with E-state index in [1.807, 2.05) is 25.1 Å². The van der Waals surface area contributed by atoms with Crippen molar-refractivity contribution in [1.29, 1.82) is 0 Å². The van der Waals surface area contributed by atoms with E-state index >= 15 is 0 Å². The van der Waals surface area contributed by atoms with Gasteiger partial charge in [-0.3, -0.25) is 4.79 Å². The Kier molecular flexibility index (Phi) is 5.59. The van der Waals surface area contributed by atoms with E-state index in [4.69, 9.17) is 10.5 Å². The lowest BCUT2D eigenvalue weighted by atomic mass is 10.1. The minimum Gasteiger partial charge on any atom is -0.398 e. The molecule has 1 aliphatic rings. The minimum atomic E-state index is 0.0394. The monoisotopic (exact) mass is 291 g/mol. The summed E-state index contributed by atoms with van der Waals surface area (Å²) >= 11 is 0. The van der Waals surface area contributed by atoms with Crippen LogP contribution >= 0.6 is 0 Å². The molecule has 1 aromatic rings. The van der Waals surface area contributed by atoms with Crippen molar-refractivity contribution in [2.45, 2.75) is 32.3 Å². The molecule has 0 atom stereocenters. The summed E-state index contributed by atoms with van der Waals surface area (Å²) < 4.78 is 5.35. The Labute approximate surface area is 126 Å². The molecule has 0 unspecified atom stereocenters. The van der Waals surface area contributed by atoms with Gasteiger partial charge in [0, 0.05) is 44.5 Å². The molecule has 1 heterocycles. The summed E-state index contributed by atoms with van der Waals surface area (Å²) in [6, 6.07) is 5.58. The predicted octanol–water partition coefficient (Wildman–Crippen LogP) is 2.02. The van der Waals surface area contributed by atoms with Crippen LogP contribution in [0.2, 0.25) is 0 Å². The van der Waals surface area contributed by atoms with E-state index in [-0.39, 0.29) is 5.91 Å². The first-order chi connectivity index (χ1) is 10.1. The number of anilines is 2. The van der Waals surface area contributed by atoms with Crippen molar-refractivity contribution in [3.63, 3.8) is 0 Å². The van der Waals surface area contributed by atoms with Gasteiger partial charge in [-0.15, -0.1) is 0 Å². The first-order valence-electron chi connectivity index (χ1n) is 7.50. The van der Waals surface area contributed by atoms with E-state index < -0.39 is 0 Å². The van der Waals surface area contributed by atoms with Crippen molar-refractivity contribution >= 4 is 17.3 Å². The average molecular weight is 291 g/mol. The highest BCUT2D eigenvalue weighted by atomic mass is 16.5. The third kappa shape index (κ3) is 4.44. The zero-order valence-corrected chi connectivity index (χ0v) is 12.9. The predicted molar refractivity (Wildman–Crippen MR) is 85.3 cm³/mol. The van der Waals surface area contributed by atoms with Gasteiger partial charge < -0.3 is 20.7 Å². The molecule has 5 heteroatoms. The van der Waals surface area contributed by atoms with E-state index in [2.05, 4.69) is 10.2 Å². The third-order valence-corrected chi connectivity index (χ3v) is 4.17. The van der Waals surface area contributed by atoms with Gasteiger partial charge in [0.05, 0.1) is 6.10 Å². The normalized spacial score (nSPS) is 16.9. The highest BCUT2D eigenvalue weighted by molar-refractivity contribution is 5.92. The number of carbonyl (C=O) groups excluding carboxylic acids is 1. The molecule has 0 aliphatic carbocycles. The Balaban J connectivity index is 1.76. The van der Waals surface area contributed by atoms with Gasteiger partial charge >= 0.3 is 0 Å². The third-order valence-electron chi connectivity index (χ3n) is 4.17. The van der Waals surface area contributed by atoms with E-state index in [1.54, 1.807) is 7.11 Å². The number of carbonyl (C=O) groups is 1. The molecule has 5 nitrogen and oxygen atoms in total. The lowest BCUT2D eigenvalue weighted by Gasteiger charge is -2.30. The molecule has 0 radical (unpaired) electrons. The van der Waals surface area contributed by atoms with Crippen LogP contribution in [0.1, 0.15) is 24.8 Å². The summed E-state index contributed by atoms with van der Waals surface area (Å²) in [7, 11) is 1.77. The fraction of sp³-hybridized carbons (Fsp3) is 0.562. The van der Waals surface area contributed by atoms with E-state index in [1.165, 1.54) is 0 Å². The van der Waals surface area contributed by atoms with Crippen molar-refractivity contribution in [2.24, 2.45) is 0 Å². The molecule has 1 amide bonds. The molecule has 1 fully saturated rings. The molecule has 116 valence electrons. The fourth-order valence-electron chi connectivity index (χ4n) is 2.63. The van der Waals surface area contributed by atoms with Gasteiger partial charge in [-0.25, -0.2) is 0 Å². The molecule has 1 aliphatic heterocycles. The van der Waals surface area contributed by atoms with Crippen LogP contribution in [0.5, 0.6) is 0 Å². The van der Waals surface area contributed by atoms with Gasteiger partial charge in [0.2, 0.25) is 5.91 Å². The van der Waals surface area contributed by atoms with Crippen LogP contribution in [0.3, 0.4) is 0 Å². The zero-order chi connectivity index (χ0) is 15.2. The van der Waals surface area contributed by atoms with Crippen molar-refractivity contribution in [3.8, 4) is 0 Å². The van der Waals surface area contributed by atoms with Gasteiger partial charge in [0.1, 0.15) is 0 Å². The summed E-state index contributed by atoms with van der Waals surface area (Å²) in [6.45, 7) is 4.72. The molecular formula is C16H25N3O2. The molecule has 1 aromatic carbocycles. The van der Waals surface area contributed by atoms with E-state index in [0.29, 0.717) is 18.2 Å². The Morgan fingerprint density at radius 2 is 2.14 bits per heavy atom. The van der Waals surface area contributed by atoms with Crippen LogP contribution in [0.25, 0.3) is 0 Å². The fourth-order valence-corrected chi connectivity index (χ4v) is 2.63. The van der Waals surface area contributed by atoms with Crippen LogP contribution < -0.4 is 11.1 Å². The van der Waals surface area contributed by atoms with Crippen LogP contribution in [-0.2, 0) is 9.53 Å². The summed E-state index contributed by atoms with van der Waals surface area (Å²) in [6.07, 6.45) is 2.98. The van der Waals surface area contributed by atoms with Crippen LogP contribution in [-0.4, -0.2) is 43.7 Å². The number of methoxy groups -OCH3 is 1. The Bertz CT molecular complexity index is 482. The van der Waals surface area contributed by atoms with Crippen LogP contribution in [0, 0.1) is 6.92 Å². The van der Waals surface area contributed by atoms with Crippen molar-refractivity contribution in [3.05, 3.63) is 23.8 Å². The first kappa shape index (κ1) is 15.8. The number of ether oxygens (including phenoxy) is 1. The molecular weight excluding hydrogens is 266 g/mol. The zero-order valence-electron chi connectivity index (χ0n) is 12.9. The summed E-state index contributed by atoms with van der Waals surface area (Å²) in [5.41, 5.74) is 8.27. The Morgan fingerprint density at radius 1 is 1.43 bits per heavy atom. The molecule has 0 spiro atoms. The van der Waals surface area contributed by atoms with E-state index in [0.717, 1.165) is 43.7 Å². The highest BCUT2D eigenvalue weighted by Gasteiger charge is 2.19. The van der Waals surface area contributed by atoms with Gasteiger partial charge in [-0.1, -0.05) is 6.07 Å². The number of likely N-dealkylation sites (tertiary alicyclic amines) is 1. The maximum Gasteiger partial charge on any atom is 0.225 e. The van der Waals surface area contributed by atoms with Crippen molar-refractivity contribution in [2.75, 3.05) is 37.8 Å². The molecule has 0 bridgehead atoms. The second-order valence-electron chi connectivity index (χ2n) is 5.59. The van der Waals surface area contributed by atoms with Gasteiger partial charge in [-0.2, -0.15) is 0 Å². The number of nitrogens with two attached hydrogens (primary N) is 1. The number of nitrogens with one attached hydrogen (secondary N) is 1. The quantitative estimate of drug-likeness (QED) is 0.814. The smallest absolute Gasteiger partial charge is 0.225 e. The molecule has 0 aromatic heterocycles. The summed E-state index contributed by atoms with van der Waals surface area (Å²) in [4.78, 5) is 14.4. The number of nitrogen functional groups attached to an aromatic ring is 1. The standard InChI is InChI=1S/C16H25N3O2/c1-12-14(17)4-3-5-15(12)18-16(20)8-11-19-9-6-13(21-2)7-10-19/h3-5,13H,6-11,17H2,1-2H3,(H,18,20). The number of piperidine rings is 1. The van der Waals surface area contributed by atoms with Crippen LogP contribution in [0.4, 0.5) is 11.4 Å². The second kappa shape index (κ2) is 7.43. The first-order valence-corrected chi connectivity index (χ1v) is 7.50. The molecule has 0 saturated carbocycles. The number of amides is 1. The topological polar surface area (TPSA) is 67.6 Å². The highest BCUT2D eigenvalue weighted by Crippen LogP contribution is 2.20. The number of nitrogens with zero attached hydrogens (tertiary/aromatic N) is 1. The summed E-state index contributed by atoms with van der Waals surface area (Å²) in [5.74, 6) is 0.0394. The molecule has 1 saturated heterocycles. The summed E-state index contributed by atoms with van der Waals surface area (Å²) in [5, 5.41) is 2.94. The van der Waals surface area contributed by atoms with Crippen molar-refractivity contribution < 1.29 is 9.53 Å². The van der Waals surface area contributed by atoms with Gasteiger partial charge in [0.25, 0.3) is 0 Å². The Morgan fingerprint density at radius 3 is 2.81 bits per heavy atom. The average Bonchev–Trinajstić information content (AvgIpc) is 2.50. The van der Waals surface area contributed by atoms with E-state index in [9.17, 15) is 4.79 Å². The number of benzene rings is 1. The number of hydrogen-bond donors (Lipinski definition) is 2. The van der Waals surface area contributed by atoms with Gasteiger partial charge in [-0.05, 0) is 37.5 Å². The largest absolute Gasteiger partial charge is 0.398 e. The maximum atomic E-state index is 12.0.